The summed E-state index contributed by atoms with van der Waals surface area (Å²) in [6.45, 7) is 3.21. The van der Waals surface area contributed by atoms with Crippen molar-refractivity contribution in [2.45, 2.75) is 43.9 Å². The predicted octanol–water partition coefficient (Wildman–Crippen LogP) is 4.43. The largest absolute Gasteiger partial charge is 0.417 e. The number of nitro benzene ring substituents is 1. The fraction of sp³-hybridized carbons (Fsp3) is 0.647. The molecule has 0 aliphatic carbocycles. The smallest absolute Gasteiger partial charge is 0.380 e. The van der Waals surface area contributed by atoms with Gasteiger partial charge in [0.2, 0.25) is 0 Å². The van der Waals surface area contributed by atoms with Crippen molar-refractivity contribution >= 4 is 27.3 Å². The Hall–Kier alpha value is -1.39. The molecule has 1 N–H and O–H groups in total. The Balaban J connectivity index is 1.69. The van der Waals surface area contributed by atoms with Gasteiger partial charge in [0.15, 0.2) is 0 Å². The quantitative estimate of drug-likeness (QED) is 0.541. The van der Waals surface area contributed by atoms with Gasteiger partial charge in [-0.15, -0.1) is 0 Å². The molecule has 0 amide bonds. The van der Waals surface area contributed by atoms with Gasteiger partial charge < -0.3 is 10.1 Å². The van der Waals surface area contributed by atoms with Gasteiger partial charge in [-0.25, -0.2) is 0 Å². The van der Waals surface area contributed by atoms with Gasteiger partial charge in [-0.3, -0.25) is 15.0 Å². The number of anilines is 1. The van der Waals surface area contributed by atoms with Gasteiger partial charge in [0.1, 0.15) is 5.69 Å². The van der Waals surface area contributed by atoms with E-state index in [2.05, 4.69) is 26.1 Å². The highest BCUT2D eigenvalue weighted by Gasteiger charge is 2.36. The SMILES string of the molecule is O=[N+]([O-])c1cc(C(F)(F)F)c(Br)cc1NC1CCN(C2CCCOC2)CC1. The van der Waals surface area contributed by atoms with Crippen molar-refractivity contribution in [3.8, 4) is 0 Å². The second-order valence-corrected chi connectivity index (χ2v) is 7.78. The molecule has 10 heteroatoms. The predicted molar refractivity (Wildman–Crippen MR) is 97.9 cm³/mol. The maximum absolute atomic E-state index is 13.0. The number of ether oxygens (including phenoxy) is 1. The Morgan fingerprint density at radius 3 is 2.52 bits per heavy atom. The van der Waals surface area contributed by atoms with E-state index in [1.807, 2.05) is 0 Å². The van der Waals surface area contributed by atoms with Crippen molar-refractivity contribution in [3.63, 3.8) is 0 Å². The van der Waals surface area contributed by atoms with Gasteiger partial charge in [0, 0.05) is 42.3 Å². The Bertz CT molecular complexity index is 688. The standard InChI is InChI=1S/C17H21BrF3N3O3/c18-14-9-15(16(24(25)26)8-13(14)17(19,20)21)22-11-3-5-23(6-4-11)12-2-1-7-27-10-12/h8-9,11-12,22H,1-7,10H2. The van der Waals surface area contributed by atoms with Crippen LogP contribution in [0.5, 0.6) is 0 Å². The van der Waals surface area contributed by atoms with E-state index in [0.29, 0.717) is 12.1 Å². The summed E-state index contributed by atoms with van der Waals surface area (Å²) in [5.41, 5.74) is -1.50. The first kappa shape index (κ1) is 20.3. The lowest BCUT2D eigenvalue weighted by molar-refractivity contribution is -0.384. The maximum Gasteiger partial charge on any atom is 0.417 e. The number of alkyl halides is 3. The van der Waals surface area contributed by atoms with Crippen molar-refractivity contribution in [2.24, 2.45) is 0 Å². The number of benzene rings is 1. The molecule has 150 valence electrons. The van der Waals surface area contributed by atoms with Crippen LogP contribution in [0.25, 0.3) is 0 Å². The Labute approximate surface area is 163 Å². The summed E-state index contributed by atoms with van der Waals surface area (Å²) in [4.78, 5) is 12.9. The molecule has 1 aromatic carbocycles. The van der Waals surface area contributed by atoms with Crippen LogP contribution in [0, 0.1) is 10.1 Å². The average Bonchev–Trinajstić information content (AvgIpc) is 2.62. The number of nitrogens with zero attached hydrogens (tertiary/aromatic N) is 2. The van der Waals surface area contributed by atoms with E-state index in [-0.39, 0.29) is 16.2 Å². The highest BCUT2D eigenvalue weighted by atomic mass is 79.9. The number of hydrogen-bond donors (Lipinski definition) is 1. The van der Waals surface area contributed by atoms with Crippen LogP contribution in [0.2, 0.25) is 0 Å². The van der Waals surface area contributed by atoms with Gasteiger partial charge in [-0.05, 0) is 31.7 Å². The van der Waals surface area contributed by atoms with Crippen molar-refractivity contribution in [3.05, 3.63) is 32.3 Å². The van der Waals surface area contributed by atoms with Gasteiger partial charge in [-0.1, -0.05) is 15.9 Å². The molecule has 27 heavy (non-hydrogen) atoms. The lowest BCUT2D eigenvalue weighted by atomic mass is 10.00. The fourth-order valence-corrected chi connectivity index (χ4v) is 4.25. The van der Waals surface area contributed by atoms with Crippen molar-refractivity contribution < 1.29 is 22.8 Å². The van der Waals surface area contributed by atoms with Gasteiger partial charge >= 0.3 is 6.18 Å². The van der Waals surface area contributed by atoms with Crippen LogP contribution >= 0.6 is 15.9 Å². The van der Waals surface area contributed by atoms with Crippen LogP contribution in [0.1, 0.15) is 31.2 Å². The third kappa shape index (κ3) is 4.91. The van der Waals surface area contributed by atoms with Crippen LogP contribution in [0.3, 0.4) is 0 Å². The molecule has 2 fully saturated rings. The zero-order valence-electron chi connectivity index (χ0n) is 14.6. The third-order valence-corrected chi connectivity index (χ3v) is 5.79. The first-order chi connectivity index (χ1) is 12.8. The summed E-state index contributed by atoms with van der Waals surface area (Å²) in [6, 6.07) is 2.13. The van der Waals surface area contributed by atoms with Crippen LogP contribution in [0.15, 0.2) is 16.6 Å². The summed E-state index contributed by atoms with van der Waals surface area (Å²) in [6.07, 6.45) is -0.960. The summed E-state index contributed by atoms with van der Waals surface area (Å²) >= 11 is 2.89. The Morgan fingerprint density at radius 2 is 1.96 bits per heavy atom. The first-order valence-corrected chi connectivity index (χ1v) is 9.68. The van der Waals surface area contributed by atoms with Crippen LogP contribution in [-0.2, 0) is 10.9 Å². The highest BCUT2D eigenvalue weighted by Crippen LogP contribution is 2.40. The van der Waals surface area contributed by atoms with E-state index in [1.165, 1.54) is 0 Å². The van der Waals surface area contributed by atoms with E-state index in [9.17, 15) is 23.3 Å². The number of hydrogen-bond acceptors (Lipinski definition) is 5. The van der Waals surface area contributed by atoms with Crippen LogP contribution < -0.4 is 5.32 Å². The molecule has 2 aliphatic heterocycles. The van der Waals surface area contributed by atoms with Crippen molar-refractivity contribution in [1.29, 1.82) is 0 Å². The minimum atomic E-state index is -4.66. The fourth-order valence-electron chi connectivity index (χ4n) is 3.69. The van der Waals surface area contributed by atoms with Crippen molar-refractivity contribution in [1.82, 2.24) is 4.90 Å². The summed E-state index contributed by atoms with van der Waals surface area (Å²) in [7, 11) is 0. The summed E-state index contributed by atoms with van der Waals surface area (Å²) < 4.78 is 44.4. The second-order valence-electron chi connectivity index (χ2n) is 6.93. The molecule has 0 spiro atoms. The highest BCUT2D eigenvalue weighted by molar-refractivity contribution is 9.10. The number of nitro groups is 1. The monoisotopic (exact) mass is 451 g/mol. The number of halogens is 4. The summed E-state index contributed by atoms with van der Waals surface area (Å²) in [5.74, 6) is 0. The molecule has 6 nitrogen and oxygen atoms in total. The first-order valence-electron chi connectivity index (χ1n) is 8.89. The molecule has 0 radical (unpaired) electrons. The normalized spacial score (nSPS) is 22.6. The Kier molecular flexibility index (Phi) is 6.27. The number of piperidine rings is 1. The number of nitrogens with one attached hydrogen (secondary N) is 1. The molecule has 2 heterocycles. The molecule has 2 aliphatic rings. The topological polar surface area (TPSA) is 67.6 Å². The minimum Gasteiger partial charge on any atom is -0.380 e. The van der Waals surface area contributed by atoms with Crippen LogP contribution in [0.4, 0.5) is 24.5 Å². The van der Waals surface area contributed by atoms with Gasteiger partial charge in [0.05, 0.1) is 17.1 Å². The molecular weight excluding hydrogens is 431 g/mol. The molecule has 3 rings (SSSR count). The molecular formula is C17H21BrF3N3O3. The van der Waals surface area contributed by atoms with E-state index >= 15 is 0 Å². The number of likely N-dealkylation sites (tertiary alicyclic amines) is 1. The molecule has 0 saturated carbocycles. The van der Waals surface area contributed by atoms with Gasteiger partial charge in [0.25, 0.3) is 5.69 Å². The molecule has 0 bridgehead atoms. The molecule has 0 aromatic heterocycles. The van der Waals surface area contributed by atoms with E-state index in [0.717, 1.165) is 58.1 Å². The average molecular weight is 452 g/mol. The van der Waals surface area contributed by atoms with Crippen LogP contribution in [-0.4, -0.2) is 48.2 Å². The molecule has 1 atom stereocenters. The second kappa shape index (κ2) is 8.32. The minimum absolute atomic E-state index is 0.0203. The summed E-state index contributed by atoms with van der Waals surface area (Å²) in [5, 5.41) is 14.4. The van der Waals surface area contributed by atoms with E-state index in [1.54, 1.807) is 0 Å². The lowest BCUT2D eigenvalue weighted by Gasteiger charge is -2.39. The lowest BCUT2D eigenvalue weighted by Crippen LogP contribution is -2.47. The van der Waals surface area contributed by atoms with E-state index < -0.39 is 22.4 Å². The maximum atomic E-state index is 13.0. The van der Waals surface area contributed by atoms with E-state index in [4.69, 9.17) is 4.74 Å². The third-order valence-electron chi connectivity index (χ3n) is 5.13. The zero-order valence-corrected chi connectivity index (χ0v) is 16.2. The zero-order chi connectivity index (χ0) is 19.6. The van der Waals surface area contributed by atoms with Crippen molar-refractivity contribution in [2.75, 3.05) is 31.6 Å². The molecule has 2 saturated heterocycles. The molecule has 1 unspecified atom stereocenters. The Morgan fingerprint density at radius 1 is 1.26 bits per heavy atom. The van der Waals surface area contributed by atoms with Gasteiger partial charge in [-0.2, -0.15) is 13.2 Å². The number of rotatable bonds is 4. The molecule has 1 aromatic rings.